The molecular weight excluding hydrogens is 454 g/mol. The van der Waals surface area contributed by atoms with E-state index in [1.54, 1.807) is 12.1 Å². The first kappa shape index (κ1) is 22.5. The number of carbonyl (C=O) groups excluding carboxylic acids is 1. The molecule has 0 fully saturated rings. The third-order valence-electron chi connectivity index (χ3n) is 6.25. The van der Waals surface area contributed by atoms with Gasteiger partial charge in [0.1, 0.15) is 17.5 Å². The summed E-state index contributed by atoms with van der Waals surface area (Å²) in [7, 11) is 0. The molecule has 0 bridgehead atoms. The monoisotopic (exact) mass is 474 g/mol. The molecule has 0 aliphatic carbocycles. The highest BCUT2D eigenvalue weighted by atomic mass is 19.3. The molecule has 9 heteroatoms. The molecule has 0 saturated heterocycles. The van der Waals surface area contributed by atoms with E-state index in [0.717, 1.165) is 5.56 Å². The van der Waals surface area contributed by atoms with E-state index in [0.29, 0.717) is 11.3 Å². The van der Waals surface area contributed by atoms with Gasteiger partial charge in [-0.05, 0) is 29.3 Å². The van der Waals surface area contributed by atoms with Gasteiger partial charge >= 0.3 is 5.92 Å². The van der Waals surface area contributed by atoms with Gasteiger partial charge in [-0.3, -0.25) is 9.78 Å². The fraction of sp³-hybridized carbons (Fsp3) is 0.231. The third-order valence-corrected chi connectivity index (χ3v) is 6.25. The van der Waals surface area contributed by atoms with E-state index in [4.69, 9.17) is 21.8 Å². The molecule has 3 aromatic rings. The van der Waals surface area contributed by atoms with Crippen LogP contribution < -0.4 is 10.5 Å². The zero-order chi connectivity index (χ0) is 24.6. The minimum Gasteiger partial charge on any atom is -0.485 e. The smallest absolute Gasteiger partial charge is 0.310 e. The van der Waals surface area contributed by atoms with Crippen LogP contribution in [0.5, 0.6) is 5.75 Å². The number of amidine groups is 1. The summed E-state index contributed by atoms with van der Waals surface area (Å²) in [6.45, 7) is 6.09. The van der Waals surface area contributed by atoms with Crippen LogP contribution in [0.15, 0.2) is 71.9 Å². The Morgan fingerprint density at radius 3 is 2.69 bits per heavy atom. The molecule has 35 heavy (non-hydrogen) atoms. The standard InChI is InChI=1S/C26H20F2N4O3/c1-30-18-8-9-20(31-14-18)21(33)12-16-7-10-22-19(11-16)25(26(27,28)15-34-24(29)32-25)13-23(35-22)17-5-3-2-4-6-17/h2-11,14,23H,12-13,15H2,(H2,29,32)/t23?,25-/m1/s1. The van der Waals surface area contributed by atoms with Crippen molar-refractivity contribution in [3.05, 3.63) is 101 Å². The zero-order valence-electron chi connectivity index (χ0n) is 18.4. The number of rotatable bonds is 4. The maximum atomic E-state index is 15.6. The molecule has 1 unspecified atom stereocenters. The van der Waals surface area contributed by atoms with Crippen LogP contribution in [0.2, 0.25) is 0 Å². The van der Waals surface area contributed by atoms with Gasteiger partial charge in [-0.1, -0.05) is 42.5 Å². The first-order chi connectivity index (χ1) is 16.8. The molecule has 0 radical (unpaired) electrons. The quantitative estimate of drug-likeness (QED) is 0.435. The Hall–Kier alpha value is -4.32. The number of nitrogens with two attached hydrogens (primary N) is 1. The fourth-order valence-electron chi connectivity index (χ4n) is 4.47. The van der Waals surface area contributed by atoms with E-state index in [-0.39, 0.29) is 41.7 Å². The van der Waals surface area contributed by atoms with Crippen LogP contribution in [-0.4, -0.2) is 29.3 Å². The van der Waals surface area contributed by atoms with Gasteiger partial charge in [0, 0.05) is 24.6 Å². The van der Waals surface area contributed by atoms with Crippen molar-refractivity contribution in [1.29, 1.82) is 0 Å². The van der Waals surface area contributed by atoms with Crippen molar-refractivity contribution in [3.63, 3.8) is 0 Å². The second-order valence-corrected chi connectivity index (χ2v) is 8.47. The number of carbonyl (C=O) groups is 1. The van der Waals surface area contributed by atoms with Gasteiger partial charge in [0.15, 0.2) is 17.9 Å². The van der Waals surface area contributed by atoms with E-state index in [9.17, 15) is 4.79 Å². The lowest BCUT2D eigenvalue weighted by molar-refractivity contribution is -0.139. The summed E-state index contributed by atoms with van der Waals surface area (Å²) in [6, 6.07) is 16.5. The van der Waals surface area contributed by atoms with E-state index in [1.807, 2.05) is 30.3 Å². The van der Waals surface area contributed by atoms with Crippen LogP contribution in [-0.2, 0) is 16.7 Å². The first-order valence-corrected chi connectivity index (χ1v) is 10.9. The number of halogens is 2. The number of pyridine rings is 1. The summed E-state index contributed by atoms with van der Waals surface area (Å²) in [5.74, 6) is -3.43. The molecule has 3 heterocycles. The minimum absolute atomic E-state index is 0.0723. The molecule has 1 spiro atoms. The zero-order valence-corrected chi connectivity index (χ0v) is 18.4. The van der Waals surface area contributed by atoms with E-state index >= 15 is 8.78 Å². The summed E-state index contributed by atoms with van der Waals surface area (Å²) in [6.07, 6.45) is 0.413. The molecule has 2 N–H and O–H groups in total. The van der Waals surface area contributed by atoms with Crippen molar-refractivity contribution in [2.24, 2.45) is 10.7 Å². The lowest BCUT2D eigenvalue weighted by atomic mass is 9.75. The summed E-state index contributed by atoms with van der Waals surface area (Å²) in [4.78, 5) is 24.2. The maximum absolute atomic E-state index is 15.6. The SMILES string of the molecule is [C-]#[N+]c1ccc(C(=O)Cc2ccc3c(c2)[C@@]2(CC(c4ccccc4)O3)N=C(N)OCC2(F)F)nc1. The average molecular weight is 474 g/mol. The molecule has 0 amide bonds. The Labute approximate surface area is 200 Å². The number of fused-ring (bicyclic) bond motifs is 2. The molecular formula is C26H20F2N4O3. The molecule has 7 nitrogen and oxygen atoms in total. The number of hydrogen-bond donors (Lipinski definition) is 1. The highest BCUT2D eigenvalue weighted by molar-refractivity contribution is 5.96. The van der Waals surface area contributed by atoms with Crippen molar-refractivity contribution in [3.8, 4) is 5.75 Å². The van der Waals surface area contributed by atoms with Gasteiger partial charge in [0.05, 0.1) is 6.57 Å². The number of ether oxygens (including phenoxy) is 2. The van der Waals surface area contributed by atoms with Crippen molar-refractivity contribution in [2.45, 2.75) is 30.4 Å². The van der Waals surface area contributed by atoms with Crippen LogP contribution in [0.4, 0.5) is 14.5 Å². The molecule has 5 rings (SSSR count). The largest absolute Gasteiger partial charge is 0.485 e. The third kappa shape index (κ3) is 3.97. The van der Waals surface area contributed by atoms with Gasteiger partial charge in [-0.25, -0.2) is 9.84 Å². The molecule has 1 aromatic heterocycles. The number of aromatic nitrogens is 1. The second kappa shape index (κ2) is 8.47. The van der Waals surface area contributed by atoms with Crippen LogP contribution in [0.3, 0.4) is 0 Å². The number of hydrogen-bond acceptors (Lipinski definition) is 6. The average Bonchev–Trinajstić information content (AvgIpc) is 2.87. The van der Waals surface area contributed by atoms with Crippen LogP contribution in [0, 0.1) is 6.57 Å². The highest BCUT2D eigenvalue weighted by Gasteiger charge is 2.62. The number of benzene rings is 2. The minimum atomic E-state index is -3.37. The van der Waals surface area contributed by atoms with Gasteiger partial charge in [-0.2, -0.15) is 8.78 Å². The van der Waals surface area contributed by atoms with Gasteiger partial charge in [0.2, 0.25) is 5.69 Å². The second-order valence-electron chi connectivity index (χ2n) is 8.47. The molecule has 2 aromatic carbocycles. The Morgan fingerprint density at radius 1 is 1.17 bits per heavy atom. The van der Waals surface area contributed by atoms with Crippen molar-refractivity contribution in [1.82, 2.24) is 4.98 Å². The predicted molar refractivity (Wildman–Crippen MR) is 124 cm³/mol. The summed E-state index contributed by atoms with van der Waals surface area (Å²) in [5.41, 5.74) is 5.67. The van der Waals surface area contributed by atoms with Crippen molar-refractivity contribution >= 4 is 17.5 Å². The summed E-state index contributed by atoms with van der Waals surface area (Å²) in [5, 5.41) is 0. The Kier molecular flexibility index (Phi) is 5.44. The van der Waals surface area contributed by atoms with E-state index in [2.05, 4.69) is 14.8 Å². The van der Waals surface area contributed by atoms with Gasteiger partial charge in [0.25, 0.3) is 6.02 Å². The lowest BCUT2D eigenvalue weighted by Gasteiger charge is -2.45. The maximum Gasteiger partial charge on any atom is 0.310 e. The molecule has 2 aliphatic heterocycles. The Balaban J connectivity index is 1.55. The Bertz CT molecular complexity index is 1350. The van der Waals surface area contributed by atoms with Gasteiger partial charge < -0.3 is 15.2 Å². The van der Waals surface area contributed by atoms with Crippen LogP contribution >= 0.6 is 0 Å². The Morgan fingerprint density at radius 2 is 1.97 bits per heavy atom. The number of nitrogens with zero attached hydrogens (tertiary/aromatic N) is 3. The van der Waals surface area contributed by atoms with Crippen molar-refractivity contribution < 1.29 is 23.0 Å². The number of aliphatic imine (C=N–C) groups is 1. The first-order valence-electron chi connectivity index (χ1n) is 10.9. The normalized spacial score (nSPS) is 22.2. The van der Waals surface area contributed by atoms with Crippen LogP contribution in [0.1, 0.15) is 39.7 Å². The number of alkyl halides is 2. The number of Topliss-reactive ketones (excluding diaryl/α,β-unsaturated/α-hetero) is 1. The predicted octanol–water partition coefficient (Wildman–Crippen LogP) is 4.76. The molecule has 0 saturated carbocycles. The summed E-state index contributed by atoms with van der Waals surface area (Å²) < 4.78 is 42.2. The van der Waals surface area contributed by atoms with Crippen molar-refractivity contribution in [2.75, 3.05) is 6.61 Å². The topological polar surface area (TPSA) is 91.2 Å². The molecule has 2 atom stereocenters. The van der Waals surface area contributed by atoms with E-state index < -0.39 is 24.2 Å². The van der Waals surface area contributed by atoms with E-state index in [1.165, 1.54) is 24.4 Å². The molecule has 176 valence electrons. The lowest BCUT2D eigenvalue weighted by Crippen LogP contribution is -2.55. The fourth-order valence-corrected chi connectivity index (χ4v) is 4.47. The highest BCUT2D eigenvalue weighted by Crippen LogP contribution is 2.55. The van der Waals surface area contributed by atoms with Crippen LogP contribution in [0.25, 0.3) is 4.85 Å². The van der Waals surface area contributed by atoms with Gasteiger partial charge in [-0.15, -0.1) is 0 Å². The number of ketones is 1. The summed E-state index contributed by atoms with van der Waals surface area (Å²) >= 11 is 0. The molecule has 2 aliphatic rings.